The quantitative estimate of drug-likeness (QED) is 0.292. The van der Waals surface area contributed by atoms with Gasteiger partial charge >= 0.3 is 0 Å². The summed E-state index contributed by atoms with van der Waals surface area (Å²) in [4.78, 5) is 25.9. The Labute approximate surface area is 256 Å². The van der Waals surface area contributed by atoms with Crippen molar-refractivity contribution in [2.75, 3.05) is 38.2 Å². The lowest BCUT2D eigenvalue weighted by Gasteiger charge is -2.35. The molecule has 5 aromatic rings. The molecule has 0 spiro atoms. The Morgan fingerprint density at radius 1 is 0.932 bits per heavy atom. The molecule has 3 aromatic heterocycles. The number of benzene rings is 2. The molecule has 1 aliphatic heterocycles. The summed E-state index contributed by atoms with van der Waals surface area (Å²) in [5.41, 5.74) is 10.8. The summed E-state index contributed by atoms with van der Waals surface area (Å²) in [6, 6.07) is 14.9. The molecule has 7 rings (SSSR count). The molecule has 0 N–H and O–H groups in total. The molecule has 1 amide bonds. The van der Waals surface area contributed by atoms with Gasteiger partial charge in [-0.3, -0.25) is 14.2 Å². The average molecular weight is 589 g/mol. The van der Waals surface area contributed by atoms with E-state index in [1.54, 1.807) is 14.0 Å². The fourth-order valence-electron chi connectivity index (χ4n) is 6.43. The van der Waals surface area contributed by atoms with Crippen molar-refractivity contribution in [3.8, 4) is 39.4 Å². The van der Waals surface area contributed by atoms with Gasteiger partial charge in [0, 0.05) is 100 Å². The second-order valence-electron chi connectivity index (χ2n) is 11.6. The molecule has 10 heteroatoms. The number of anilines is 1. The van der Waals surface area contributed by atoms with Gasteiger partial charge in [0.1, 0.15) is 11.6 Å². The largest absolute Gasteiger partial charge is 0.496 e. The molecule has 4 heterocycles. The van der Waals surface area contributed by atoms with Crippen molar-refractivity contribution in [1.29, 1.82) is 0 Å². The minimum absolute atomic E-state index is 0.131. The number of methoxy groups -OCH3 is 1. The molecule has 2 aromatic carbocycles. The van der Waals surface area contributed by atoms with Crippen LogP contribution in [0.2, 0.25) is 0 Å². The van der Waals surface area contributed by atoms with E-state index in [1.165, 1.54) is 0 Å². The number of hydrogen-bond acceptors (Lipinski definition) is 7. The maximum Gasteiger partial charge on any atom is 0.219 e. The molecule has 2 aliphatic rings. The van der Waals surface area contributed by atoms with Crippen LogP contribution in [0.4, 0.5) is 5.69 Å². The van der Waals surface area contributed by atoms with Crippen molar-refractivity contribution in [2.24, 2.45) is 14.1 Å². The number of hydrogen-bond donors (Lipinski definition) is 0. The third-order valence-corrected chi connectivity index (χ3v) is 8.81. The standard InChI is InChI=1S/C34H36N8O2/c1-22(43)41-13-15-42(16-14-41)28-11-9-25(30(18-28)44-4)17-31-35-19-26-10-12-29-32(33(26)37-31)34(40(3)38-29)24-7-5-23(6-8-24)27-20-36-39(2)21-27/h5-9,11,18-21H,10,12-17H2,1-4H3. The third-order valence-electron chi connectivity index (χ3n) is 8.81. The molecular formula is C34H36N8O2. The summed E-state index contributed by atoms with van der Waals surface area (Å²) < 4.78 is 9.64. The van der Waals surface area contributed by atoms with Crippen molar-refractivity contribution < 1.29 is 9.53 Å². The molecule has 0 unspecified atom stereocenters. The molecule has 10 nitrogen and oxygen atoms in total. The summed E-state index contributed by atoms with van der Waals surface area (Å²) in [7, 11) is 5.65. The van der Waals surface area contributed by atoms with Gasteiger partial charge in [0.2, 0.25) is 5.91 Å². The molecule has 0 bridgehead atoms. The van der Waals surface area contributed by atoms with Crippen LogP contribution in [-0.4, -0.2) is 73.6 Å². The Kier molecular flexibility index (Phi) is 7.12. The molecule has 44 heavy (non-hydrogen) atoms. The van der Waals surface area contributed by atoms with Gasteiger partial charge in [-0.15, -0.1) is 0 Å². The Balaban J connectivity index is 1.17. The number of carbonyl (C=O) groups is 1. The topological polar surface area (TPSA) is 94.2 Å². The average Bonchev–Trinajstić information content (AvgIpc) is 3.63. The second-order valence-corrected chi connectivity index (χ2v) is 11.6. The predicted octanol–water partition coefficient (Wildman–Crippen LogP) is 4.31. The van der Waals surface area contributed by atoms with E-state index in [1.807, 2.05) is 46.9 Å². The number of piperazine rings is 1. The molecule has 224 valence electrons. The number of ether oxygens (including phenoxy) is 1. The van der Waals surface area contributed by atoms with Crippen molar-refractivity contribution in [3.63, 3.8) is 0 Å². The van der Waals surface area contributed by atoms with Crippen LogP contribution in [0.15, 0.2) is 61.1 Å². The van der Waals surface area contributed by atoms with Crippen LogP contribution in [0, 0.1) is 0 Å². The highest BCUT2D eigenvalue weighted by atomic mass is 16.5. The highest BCUT2D eigenvalue weighted by Gasteiger charge is 2.27. The highest BCUT2D eigenvalue weighted by Crippen LogP contribution is 2.40. The van der Waals surface area contributed by atoms with Crippen LogP contribution in [0.1, 0.15) is 29.6 Å². The van der Waals surface area contributed by atoms with Crippen LogP contribution >= 0.6 is 0 Å². The van der Waals surface area contributed by atoms with E-state index >= 15 is 0 Å². The lowest BCUT2D eigenvalue weighted by atomic mass is 9.91. The summed E-state index contributed by atoms with van der Waals surface area (Å²) >= 11 is 0. The number of aryl methyl sites for hydroxylation is 4. The number of nitrogens with zero attached hydrogens (tertiary/aromatic N) is 8. The maximum absolute atomic E-state index is 11.7. The summed E-state index contributed by atoms with van der Waals surface area (Å²) in [6.07, 6.45) is 8.18. The first-order valence-corrected chi connectivity index (χ1v) is 15.1. The minimum atomic E-state index is 0.131. The molecular weight excluding hydrogens is 552 g/mol. The normalized spacial score (nSPS) is 14.4. The molecule has 0 atom stereocenters. The SMILES string of the molecule is COc1cc(N2CCN(C(C)=O)CC2)ccc1Cc1ncc2c(n1)-c1c(nn(C)c1-c1ccc(-c3cnn(C)c3)cc1)CC2. The van der Waals surface area contributed by atoms with E-state index in [4.69, 9.17) is 19.8 Å². The van der Waals surface area contributed by atoms with E-state index in [0.29, 0.717) is 6.42 Å². The van der Waals surface area contributed by atoms with Crippen LogP contribution in [0.3, 0.4) is 0 Å². The smallest absolute Gasteiger partial charge is 0.219 e. The highest BCUT2D eigenvalue weighted by molar-refractivity contribution is 5.84. The second kappa shape index (κ2) is 11.3. The van der Waals surface area contributed by atoms with Crippen molar-refractivity contribution in [2.45, 2.75) is 26.2 Å². The molecule has 1 fully saturated rings. The van der Waals surface area contributed by atoms with Gasteiger partial charge in [-0.2, -0.15) is 10.2 Å². The van der Waals surface area contributed by atoms with E-state index in [9.17, 15) is 4.79 Å². The first-order valence-electron chi connectivity index (χ1n) is 15.1. The predicted molar refractivity (Wildman–Crippen MR) is 170 cm³/mol. The maximum atomic E-state index is 11.7. The van der Waals surface area contributed by atoms with Gasteiger partial charge in [0.15, 0.2) is 0 Å². The zero-order chi connectivity index (χ0) is 30.4. The molecule has 0 radical (unpaired) electrons. The van der Waals surface area contributed by atoms with Gasteiger partial charge < -0.3 is 14.5 Å². The zero-order valence-corrected chi connectivity index (χ0v) is 25.6. The Morgan fingerprint density at radius 2 is 1.70 bits per heavy atom. The van der Waals surface area contributed by atoms with Gasteiger partial charge in [0.05, 0.1) is 30.4 Å². The Bertz CT molecular complexity index is 1850. The Hall–Kier alpha value is -4.99. The first kappa shape index (κ1) is 27.8. The fraction of sp³-hybridized carbons (Fsp3) is 0.324. The molecule has 0 saturated carbocycles. The lowest BCUT2D eigenvalue weighted by molar-refractivity contribution is -0.129. The van der Waals surface area contributed by atoms with Gasteiger partial charge in [-0.1, -0.05) is 30.3 Å². The van der Waals surface area contributed by atoms with Gasteiger partial charge in [-0.25, -0.2) is 9.97 Å². The summed E-state index contributed by atoms with van der Waals surface area (Å²) in [5.74, 6) is 1.70. The van der Waals surface area contributed by atoms with Crippen LogP contribution in [0.25, 0.3) is 33.6 Å². The fourth-order valence-corrected chi connectivity index (χ4v) is 6.43. The van der Waals surface area contributed by atoms with Gasteiger partial charge in [-0.05, 0) is 30.0 Å². The number of rotatable bonds is 6. The number of fused-ring (bicyclic) bond motifs is 3. The van der Waals surface area contributed by atoms with Crippen LogP contribution in [0.5, 0.6) is 5.75 Å². The number of aromatic nitrogens is 6. The van der Waals surface area contributed by atoms with Crippen molar-refractivity contribution in [3.05, 3.63) is 83.7 Å². The van der Waals surface area contributed by atoms with E-state index in [2.05, 4.69) is 52.5 Å². The summed E-state index contributed by atoms with van der Waals surface area (Å²) in [5, 5.41) is 9.23. The first-order chi connectivity index (χ1) is 21.4. The molecule has 1 saturated heterocycles. The van der Waals surface area contributed by atoms with E-state index in [-0.39, 0.29) is 5.91 Å². The Morgan fingerprint density at radius 3 is 2.41 bits per heavy atom. The van der Waals surface area contributed by atoms with E-state index < -0.39 is 0 Å². The number of carbonyl (C=O) groups excluding carboxylic acids is 1. The summed E-state index contributed by atoms with van der Waals surface area (Å²) in [6.45, 7) is 4.70. The minimum Gasteiger partial charge on any atom is -0.496 e. The van der Waals surface area contributed by atoms with Crippen molar-refractivity contribution in [1.82, 2.24) is 34.4 Å². The van der Waals surface area contributed by atoms with Crippen molar-refractivity contribution >= 4 is 11.6 Å². The number of amides is 1. The van der Waals surface area contributed by atoms with Gasteiger partial charge in [0.25, 0.3) is 0 Å². The monoisotopic (exact) mass is 588 g/mol. The van der Waals surface area contributed by atoms with Crippen LogP contribution < -0.4 is 9.64 Å². The van der Waals surface area contributed by atoms with E-state index in [0.717, 1.165) is 107 Å². The third kappa shape index (κ3) is 5.10. The molecule has 1 aliphatic carbocycles. The van der Waals surface area contributed by atoms with Crippen LogP contribution in [-0.2, 0) is 38.2 Å². The zero-order valence-electron chi connectivity index (χ0n) is 25.6. The lowest BCUT2D eigenvalue weighted by Crippen LogP contribution is -2.48.